The van der Waals surface area contributed by atoms with E-state index in [1.54, 1.807) is 0 Å². The van der Waals surface area contributed by atoms with Gasteiger partial charge in [-0.3, -0.25) is 0 Å². The minimum atomic E-state index is 1.10. The van der Waals surface area contributed by atoms with Crippen LogP contribution in [0.5, 0.6) is 0 Å². The Labute approximate surface area is 319 Å². The maximum Gasteiger partial charge on any atom is 0.0540 e. The van der Waals surface area contributed by atoms with E-state index in [0.29, 0.717) is 0 Å². The minimum Gasteiger partial charge on any atom is -0.310 e. The Hall–Kier alpha value is -6.74. The Kier molecular flexibility index (Phi) is 8.09. The predicted molar refractivity (Wildman–Crippen MR) is 233 cm³/mol. The van der Waals surface area contributed by atoms with Crippen molar-refractivity contribution in [2.45, 2.75) is 0 Å². The first-order chi connectivity index (χ1) is 26.8. The van der Waals surface area contributed by atoms with Gasteiger partial charge in [-0.1, -0.05) is 158 Å². The van der Waals surface area contributed by atoms with Gasteiger partial charge in [-0.15, -0.1) is 11.3 Å². The number of thiophene rings is 1. The van der Waals surface area contributed by atoms with E-state index in [9.17, 15) is 0 Å². The van der Waals surface area contributed by atoms with Crippen molar-refractivity contribution in [2.75, 3.05) is 4.90 Å². The van der Waals surface area contributed by atoms with Crippen LogP contribution in [0.4, 0.5) is 17.1 Å². The molecule has 254 valence electrons. The summed E-state index contributed by atoms with van der Waals surface area (Å²) in [6.07, 6.45) is 0. The number of rotatable bonds is 7. The average molecular weight is 706 g/mol. The summed E-state index contributed by atoms with van der Waals surface area (Å²) in [4.78, 5) is 2.40. The molecule has 54 heavy (non-hydrogen) atoms. The fourth-order valence-corrected chi connectivity index (χ4v) is 8.90. The number of nitrogens with zero attached hydrogens (tertiary/aromatic N) is 1. The lowest BCUT2D eigenvalue weighted by molar-refractivity contribution is 1.28. The Morgan fingerprint density at radius 3 is 1.63 bits per heavy atom. The fraction of sp³-hybridized carbons (Fsp3) is 0. The topological polar surface area (TPSA) is 3.24 Å². The number of anilines is 3. The highest BCUT2D eigenvalue weighted by atomic mass is 32.1. The second-order valence-electron chi connectivity index (χ2n) is 13.7. The Bertz CT molecular complexity index is 2920. The van der Waals surface area contributed by atoms with Crippen molar-refractivity contribution in [2.24, 2.45) is 0 Å². The molecule has 0 aliphatic heterocycles. The quantitative estimate of drug-likeness (QED) is 0.160. The molecule has 0 N–H and O–H groups in total. The van der Waals surface area contributed by atoms with Gasteiger partial charge < -0.3 is 4.90 Å². The lowest BCUT2D eigenvalue weighted by atomic mass is 9.95. The molecule has 0 bridgehead atoms. The summed E-state index contributed by atoms with van der Waals surface area (Å²) >= 11 is 1.86. The van der Waals surface area contributed by atoms with Crippen molar-refractivity contribution in [1.29, 1.82) is 0 Å². The maximum absolute atomic E-state index is 2.40. The Morgan fingerprint density at radius 1 is 0.296 bits per heavy atom. The molecule has 0 fully saturated rings. The standard InChI is InChI=1S/C52H35NS/c1-2-12-36(13-3-1)37-24-29-43(30-25-37)53(50-22-8-6-19-47(50)42-28-33-52-49(35-42)48-20-7-9-23-51(48)54-52)44-31-26-38(27-32-44)40-16-10-17-41(34-40)46-21-11-15-39-14-4-5-18-45(39)46/h1-35H. The van der Waals surface area contributed by atoms with Crippen LogP contribution in [0.2, 0.25) is 0 Å². The highest BCUT2D eigenvalue weighted by molar-refractivity contribution is 7.25. The first kappa shape index (κ1) is 32.0. The van der Waals surface area contributed by atoms with Crippen LogP contribution in [0.3, 0.4) is 0 Å². The highest BCUT2D eigenvalue weighted by Crippen LogP contribution is 2.44. The number of fused-ring (bicyclic) bond motifs is 4. The van der Waals surface area contributed by atoms with Gasteiger partial charge in [-0.25, -0.2) is 0 Å². The molecule has 1 nitrogen and oxygen atoms in total. The lowest BCUT2D eigenvalue weighted by Crippen LogP contribution is -2.11. The summed E-state index contributed by atoms with van der Waals surface area (Å²) in [7, 11) is 0. The molecule has 10 rings (SSSR count). The molecule has 0 spiro atoms. The van der Waals surface area contributed by atoms with Crippen LogP contribution < -0.4 is 4.90 Å². The third-order valence-corrected chi connectivity index (χ3v) is 11.6. The van der Waals surface area contributed by atoms with E-state index in [2.05, 4.69) is 217 Å². The third-order valence-electron chi connectivity index (χ3n) is 10.5. The minimum absolute atomic E-state index is 1.10. The monoisotopic (exact) mass is 705 g/mol. The van der Waals surface area contributed by atoms with Gasteiger partial charge in [0.1, 0.15) is 0 Å². The smallest absolute Gasteiger partial charge is 0.0540 e. The second-order valence-corrected chi connectivity index (χ2v) is 14.8. The molecule has 0 aliphatic carbocycles. The number of benzene rings is 9. The van der Waals surface area contributed by atoms with Gasteiger partial charge in [0, 0.05) is 37.1 Å². The zero-order chi connectivity index (χ0) is 35.8. The van der Waals surface area contributed by atoms with Crippen LogP contribution in [0.25, 0.3) is 75.5 Å². The normalized spacial score (nSPS) is 11.3. The number of hydrogen-bond donors (Lipinski definition) is 0. The largest absolute Gasteiger partial charge is 0.310 e. The van der Waals surface area contributed by atoms with E-state index in [0.717, 1.165) is 17.1 Å². The van der Waals surface area contributed by atoms with Gasteiger partial charge >= 0.3 is 0 Å². The van der Waals surface area contributed by atoms with Gasteiger partial charge in [0.15, 0.2) is 0 Å². The fourth-order valence-electron chi connectivity index (χ4n) is 7.81. The Balaban J connectivity index is 1.08. The molecular formula is C52H35NS. The van der Waals surface area contributed by atoms with Crippen molar-refractivity contribution in [3.8, 4) is 44.5 Å². The summed E-state index contributed by atoms with van der Waals surface area (Å²) in [5.41, 5.74) is 13.0. The molecule has 0 radical (unpaired) electrons. The van der Waals surface area contributed by atoms with Crippen LogP contribution in [0.1, 0.15) is 0 Å². The molecular weight excluding hydrogens is 671 g/mol. The predicted octanol–water partition coefficient (Wildman–Crippen LogP) is 15.3. The molecule has 1 heterocycles. The number of hydrogen-bond acceptors (Lipinski definition) is 2. The summed E-state index contributed by atoms with van der Waals surface area (Å²) < 4.78 is 2.63. The van der Waals surface area contributed by atoms with Crippen LogP contribution in [0, 0.1) is 0 Å². The molecule has 9 aromatic carbocycles. The van der Waals surface area contributed by atoms with E-state index in [-0.39, 0.29) is 0 Å². The molecule has 10 aromatic rings. The van der Waals surface area contributed by atoms with Crippen LogP contribution in [-0.2, 0) is 0 Å². The van der Waals surface area contributed by atoms with Gasteiger partial charge in [0.25, 0.3) is 0 Å². The van der Waals surface area contributed by atoms with E-state index in [1.165, 1.54) is 75.5 Å². The summed E-state index contributed by atoms with van der Waals surface area (Å²) in [5.74, 6) is 0. The molecule has 0 unspecified atom stereocenters. The van der Waals surface area contributed by atoms with Gasteiger partial charge in [-0.2, -0.15) is 0 Å². The van der Waals surface area contributed by atoms with E-state index >= 15 is 0 Å². The van der Waals surface area contributed by atoms with Gasteiger partial charge in [0.2, 0.25) is 0 Å². The molecule has 0 saturated heterocycles. The average Bonchev–Trinajstić information content (AvgIpc) is 3.63. The Morgan fingerprint density at radius 2 is 0.815 bits per heavy atom. The van der Waals surface area contributed by atoms with Crippen molar-refractivity contribution < 1.29 is 0 Å². The summed E-state index contributed by atoms with van der Waals surface area (Å²) in [5, 5.41) is 5.14. The van der Waals surface area contributed by atoms with Crippen molar-refractivity contribution in [3.05, 3.63) is 212 Å². The first-order valence-electron chi connectivity index (χ1n) is 18.4. The van der Waals surface area contributed by atoms with Crippen molar-refractivity contribution in [3.63, 3.8) is 0 Å². The maximum atomic E-state index is 2.40. The summed E-state index contributed by atoms with van der Waals surface area (Å²) in [6, 6.07) is 77.1. The summed E-state index contributed by atoms with van der Waals surface area (Å²) in [6.45, 7) is 0. The molecule has 0 aliphatic rings. The number of para-hydroxylation sites is 1. The lowest BCUT2D eigenvalue weighted by Gasteiger charge is -2.28. The zero-order valence-electron chi connectivity index (χ0n) is 29.6. The van der Waals surface area contributed by atoms with Crippen LogP contribution in [0.15, 0.2) is 212 Å². The molecule has 1 aromatic heterocycles. The highest BCUT2D eigenvalue weighted by Gasteiger charge is 2.18. The van der Waals surface area contributed by atoms with Crippen molar-refractivity contribution in [1.82, 2.24) is 0 Å². The van der Waals surface area contributed by atoms with Gasteiger partial charge in [-0.05, 0) is 104 Å². The molecule has 0 atom stereocenters. The molecule has 0 saturated carbocycles. The third kappa shape index (κ3) is 5.84. The van der Waals surface area contributed by atoms with Gasteiger partial charge in [0.05, 0.1) is 5.69 Å². The van der Waals surface area contributed by atoms with Crippen molar-refractivity contribution >= 4 is 59.3 Å². The SMILES string of the molecule is c1ccc(-c2ccc(N(c3ccc(-c4cccc(-c5cccc6ccccc56)c4)cc3)c3ccccc3-c3ccc4sc5ccccc5c4c3)cc2)cc1. The van der Waals surface area contributed by atoms with Crippen LogP contribution in [-0.4, -0.2) is 0 Å². The second kappa shape index (κ2) is 13.7. The van der Waals surface area contributed by atoms with Crippen LogP contribution >= 0.6 is 11.3 Å². The zero-order valence-corrected chi connectivity index (χ0v) is 30.4. The molecule has 0 amide bonds. The first-order valence-corrected chi connectivity index (χ1v) is 19.2. The van der Waals surface area contributed by atoms with E-state index in [1.807, 2.05) is 11.3 Å². The molecule has 2 heteroatoms. The van der Waals surface area contributed by atoms with E-state index < -0.39 is 0 Å². The van der Waals surface area contributed by atoms with E-state index in [4.69, 9.17) is 0 Å².